The number of urea groups is 1. The van der Waals surface area contributed by atoms with Crippen LogP contribution in [0.5, 0.6) is 11.5 Å². The number of piperidine rings is 1. The van der Waals surface area contributed by atoms with Crippen LogP contribution in [0.3, 0.4) is 0 Å². The molecule has 0 spiro atoms. The molecule has 1 saturated heterocycles. The number of ether oxygens (including phenoxy) is 2. The fourth-order valence-electron chi connectivity index (χ4n) is 3.55. The number of nitrogens with zero attached hydrogens (tertiary/aromatic N) is 3. The summed E-state index contributed by atoms with van der Waals surface area (Å²) in [6.45, 7) is 1.11. The molecule has 0 saturated carbocycles. The highest BCUT2D eigenvalue weighted by Crippen LogP contribution is 2.31. The van der Waals surface area contributed by atoms with E-state index in [1.165, 1.54) is 12.1 Å². The van der Waals surface area contributed by atoms with E-state index in [2.05, 4.69) is 15.5 Å². The molecule has 0 unspecified atom stereocenters. The summed E-state index contributed by atoms with van der Waals surface area (Å²) in [5.74, 6) is 1.90. The minimum Gasteiger partial charge on any atom is -0.497 e. The van der Waals surface area contributed by atoms with Crippen LogP contribution >= 0.6 is 0 Å². The predicted octanol–water partition coefficient (Wildman–Crippen LogP) is 4.30. The first-order valence-corrected chi connectivity index (χ1v) is 9.95. The molecule has 1 aromatic heterocycles. The van der Waals surface area contributed by atoms with Crippen molar-refractivity contribution in [2.45, 2.75) is 18.8 Å². The Balaban J connectivity index is 1.37. The van der Waals surface area contributed by atoms with Crippen molar-refractivity contribution in [1.29, 1.82) is 0 Å². The van der Waals surface area contributed by atoms with Gasteiger partial charge >= 0.3 is 6.03 Å². The quantitative estimate of drug-likeness (QED) is 0.654. The Kier molecular flexibility index (Phi) is 6.01. The molecule has 4 rings (SSSR count). The highest BCUT2D eigenvalue weighted by atomic mass is 19.1. The lowest BCUT2D eigenvalue weighted by molar-refractivity contribution is 0.187. The van der Waals surface area contributed by atoms with Crippen molar-refractivity contribution in [1.82, 2.24) is 15.0 Å². The number of hydrogen-bond acceptors (Lipinski definition) is 6. The predicted molar refractivity (Wildman–Crippen MR) is 112 cm³/mol. The van der Waals surface area contributed by atoms with E-state index in [4.69, 9.17) is 14.0 Å². The van der Waals surface area contributed by atoms with Crippen LogP contribution in [0.2, 0.25) is 0 Å². The van der Waals surface area contributed by atoms with E-state index < -0.39 is 0 Å². The Morgan fingerprint density at radius 1 is 1.13 bits per heavy atom. The van der Waals surface area contributed by atoms with Gasteiger partial charge in [0.2, 0.25) is 11.7 Å². The molecule has 9 heteroatoms. The molecule has 0 atom stereocenters. The van der Waals surface area contributed by atoms with Crippen molar-refractivity contribution in [3.63, 3.8) is 0 Å². The molecule has 2 amide bonds. The van der Waals surface area contributed by atoms with Gasteiger partial charge in [-0.3, -0.25) is 0 Å². The normalized spacial score (nSPS) is 14.4. The average Bonchev–Trinajstić information content (AvgIpc) is 3.30. The van der Waals surface area contributed by atoms with Gasteiger partial charge in [0, 0.05) is 30.6 Å². The van der Waals surface area contributed by atoms with Crippen LogP contribution in [-0.4, -0.2) is 48.4 Å². The summed E-state index contributed by atoms with van der Waals surface area (Å²) in [7, 11) is 3.12. The number of nitrogens with one attached hydrogen (secondary N) is 1. The van der Waals surface area contributed by atoms with E-state index >= 15 is 0 Å². The summed E-state index contributed by atoms with van der Waals surface area (Å²) in [4.78, 5) is 18.9. The Morgan fingerprint density at radius 2 is 1.87 bits per heavy atom. The maximum atomic E-state index is 13.1. The SMILES string of the molecule is COc1ccc(OC)c(NC(=O)N2CCC(c3nc(-c4ccc(F)cc4)no3)CC2)c1. The van der Waals surface area contributed by atoms with Crippen LogP contribution in [0.4, 0.5) is 14.9 Å². The zero-order chi connectivity index (χ0) is 21.8. The van der Waals surface area contributed by atoms with Crippen molar-refractivity contribution in [3.8, 4) is 22.9 Å². The van der Waals surface area contributed by atoms with Crippen LogP contribution < -0.4 is 14.8 Å². The summed E-state index contributed by atoms with van der Waals surface area (Å²) in [5.41, 5.74) is 1.25. The van der Waals surface area contributed by atoms with Gasteiger partial charge in [0.05, 0.1) is 19.9 Å². The molecule has 31 heavy (non-hydrogen) atoms. The maximum Gasteiger partial charge on any atom is 0.321 e. The number of carbonyl (C=O) groups is 1. The van der Waals surface area contributed by atoms with Gasteiger partial charge in [-0.25, -0.2) is 9.18 Å². The first kappa shape index (κ1) is 20.6. The lowest BCUT2D eigenvalue weighted by Crippen LogP contribution is -2.40. The van der Waals surface area contributed by atoms with Crippen LogP contribution in [0.15, 0.2) is 47.0 Å². The smallest absolute Gasteiger partial charge is 0.321 e. The van der Waals surface area contributed by atoms with Gasteiger partial charge in [-0.2, -0.15) is 4.98 Å². The molecule has 162 valence electrons. The first-order valence-electron chi connectivity index (χ1n) is 9.95. The number of halogens is 1. The first-order chi connectivity index (χ1) is 15.1. The van der Waals surface area contributed by atoms with Gasteiger partial charge in [0.15, 0.2) is 0 Å². The summed E-state index contributed by atoms with van der Waals surface area (Å²) in [6, 6.07) is 11.0. The molecule has 1 fully saturated rings. The van der Waals surface area contributed by atoms with Crippen molar-refractivity contribution in [2.24, 2.45) is 0 Å². The molecule has 2 aromatic carbocycles. The van der Waals surface area contributed by atoms with E-state index in [0.717, 1.165) is 0 Å². The van der Waals surface area contributed by atoms with Crippen molar-refractivity contribution < 1.29 is 23.2 Å². The fraction of sp³-hybridized carbons (Fsp3) is 0.318. The molecular weight excluding hydrogens is 403 g/mol. The molecule has 2 heterocycles. The average molecular weight is 426 g/mol. The summed E-state index contributed by atoms with van der Waals surface area (Å²) < 4.78 is 29.1. The van der Waals surface area contributed by atoms with E-state index in [9.17, 15) is 9.18 Å². The lowest BCUT2D eigenvalue weighted by atomic mass is 9.97. The Hall–Kier alpha value is -3.62. The second-order valence-corrected chi connectivity index (χ2v) is 7.22. The summed E-state index contributed by atoms with van der Waals surface area (Å²) >= 11 is 0. The second-order valence-electron chi connectivity index (χ2n) is 7.22. The summed E-state index contributed by atoms with van der Waals surface area (Å²) in [6.07, 6.45) is 1.40. The third-order valence-electron chi connectivity index (χ3n) is 5.32. The van der Waals surface area contributed by atoms with Crippen LogP contribution in [-0.2, 0) is 0 Å². The third-order valence-corrected chi connectivity index (χ3v) is 5.32. The molecule has 0 radical (unpaired) electrons. The second kappa shape index (κ2) is 9.03. The Labute approximate surface area is 179 Å². The van der Waals surface area contributed by atoms with E-state index in [0.29, 0.717) is 60.4 Å². The number of benzene rings is 2. The molecule has 8 nitrogen and oxygen atoms in total. The zero-order valence-corrected chi connectivity index (χ0v) is 17.3. The number of aromatic nitrogens is 2. The van der Waals surface area contributed by atoms with E-state index in [1.807, 2.05) is 0 Å². The number of methoxy groups -OCH3 is 2. The number of likely N-dealkylation sites (tertiary alicyclic amines) is 1. The van der Waals surface area contributed by atoms with Gasteiger partial charge in [-0.05, 0) is 49.2 Å². The molecule has 1 aliphatic rings. The van der Waals surface area contributed by atoms with E-state index in [1.54, 1.807) is 49.5 Å². The number of hydrogen-bond donors (Lipinski definition) is 1. The topological polar surface area (TPSA) is 89.7 Å². The number of carbonyl (C=O) groups excluding carboxylic acids is 1. The van der Waals surface area contributed by atoms with Gasteiger partial charge in [0.1, 0.15) is 17.3 Å². The maximum absolute atomic E-state index is 13.1. The van der Waals surface area contributed by atoms with Gasteiger partial charge in [-0.15, -0.1) is 0 Å². The Bertz CT molecular complexity index is 1050. The fourth-order valence-corrected chi connectivity index (χ4v) is 3.55. The third kappa shape index (κ3) is 4.60. The molecule has 0 bridgehead atoms. The van der Waals surface area contributed by atoms with Crippen LogP contribution in [0.25, 0.3) is 11.4 Å². The minimum atomic E-state index is -0.315. The molecule has 0 aliphatic carbocycles. The standard InChI is InChI=1S/C22H23FN4O4/c1-29-17-7-8-19(30-2)18(13-17)24-22(28)27-11-9-15(10-12-27)21-25-20(26-31-21)14-3-5-16(23)6-4-14/h3-8,13,15H,9-12H2,1-2H3,(H,24,28). The zero-order valence-electron chi connectivity index (χ0n) is 17.3. The minimum absolute atomic E-state index is 0.0668. The largest absolute Gasteiger partial charge is 0.497 e. The van der Waals surface area contributed by atoms with Gasteiger partial charge in [-0.1, -0.05) is 5.16 Å². The van der Waals surface area contributed by atoms with E-state index in [-0.39, 0.29) is 17.8 Å². The highest BCUT2D eigenvalue weighted by molar-refractivity contribution is 5.91. The monoisotopic (exact) mass is 426 g/mol. The van der Waals surface area contributed by atoms with Crippen molar-refractivity contribution in [2.75, 3.05) is 32.6 Å². The number of amides is 2. The number of anilines is 1. The Morgan fingerprint density at radius 3 is 2.55 bits per heavy atom. The van der Waals surface area contributed by atoms with Gasteiger partial charge in [0.25, 0.3) is 0 Å². The lowest BCUT2D eigenvalue weighted by Gasteiger charge is -2.30. The van der Waals surface area contributed by atoms with Crippen molar-refractivity contribution >= 4 is 11.7 Å². The van der Waals surface area contributed by atoms with Crippen LogP contribution in [0, 0.1) is 5.82 Å². The molecule has 1 aliphatic heterocycles. The van der Waals surface area contributed by atoms with Crippen LogP contribution in [0.1, 0.15) is 24.7 Å². The summed E-state index contributed by atoms with van der Waals surface area (Å²) in [5, 5.41) is 6.90. The molecule has 1 N–H and O–H groups in total. The highest BCUT2D eigenvalue weighted by Gasteiger charge is 2.28. The number of rotatable bonds is 5. The molecule has 3 aromatic rings. The molecular formula is C22H23FN4O4. The van der Waals surface area contributed by atoms with Crippen molar-refractivity contribution in [3.05, 3.63) is 54.2 Å². The van der Waals surface area contributed by atoms with Gasteiger partial charge < -0.3 is 24.2 Å².